The lowest BCUT2D eigenvalue weighted by molar-refractivity contribution is -0.115. The topological polar surface area (TPSA) is 106 Å². The van der Waals surface area contributed by atoms with Crippen molar-refractivity contribution in [1.29, 1.82) is 0 Å². The van der Waals surface area contributed by atoms with Gasteiger partial charge in [-0.15, -0.1) is 0 Å². The molecule has 39 heavy (non-hydrogen) atoms. The Hall–Kier alpha value is -3.41. The molecule has 2 fully saturated rings. The van der Waals surface area contributed by atoms with Crippen molar-refractivity contribution in [3.63, 3.8) is 0 Å². The van der Waals surface area contributed by atoms with Gasteiger partial charge in [-0.2, -0.15) is 9.97 Å². The number of aryl methyl sites for hydroxylation is 2. The highest BCUT2D eigenvalue weighted by Crippen LogP contribution is 2.29. The van der Waals surface area contributed by atoms with Crippen LogP contribution in [0.5, 0.6) is 0 Å². The third-order valence-corrected chi connectivity index (χ3v) is 8.01. The van der Waals surface area contributed by atoms with Crippen LogP contribution < -0.4 is 10.2 Å². The predicted octanol–water partition coefficient (Wildman–Crippen LogP) is 2.10. The fraction of sp³-hybridized carbons (Fsp3) is 0.536. The van der Waals surface area contributed by atoms with Gasteiger partial charge in [0.2, 0.25) is 5.95 Å². The summed E-state index contributed by atoms with van der Waals surface area (Å²) >= 11 is 0. The van der Waals surface area contributed by atoms with Crippen molar-refractivity contribution in [3.8, 4) is 5.95 Å². The van der Waals surface area contributed by atoms with Crippen LogP contribution in [0.1, 0.15) is 32.4 Å². The van der Waals surface area contributed by atoms with Crippen LogP contribution in [0.2, 0.25) is 0 Å². The Morgan fingerprint density at radius 1 is 1.08 bits per heavy atom. The van der Waals surface area contributed by atoms with Gasteiger partial charge in [0, 0.05) is 45.7 Å². The summed E-state index contributed by atoms with van der Waals surface area (Å²) in [6, 6.07) is 8.02. The molecule has 206 valence electrons. The fourth-order valence-corrected chi connectivity index (χ4v) is 5.89. The van der Waals surface area contributed by atoms with Gasteiger partial charge in [0.15, 0.2) is 17.0 Å². The van der Waals surface area contributed by atoms with Crippen molar-refractivity contribution >= 4 is 34.3 Å². The number of rotatable bonds is 7. The highest BCUT2D eigenvalue weighted by Gasteiger charge is 2.34. The summed E-state index contributed by atoms with van der Waals surface area (Å²) in [6.07, 6.45) is 1.83. The zero-order chi connectivity index (χ0) is 27.1. The first-order chi connectivity index (χ1) is 19.0. The third-order valence-electron chi connectivity index (χ3n) is 8.01. The van der Waals surface area contributed by atoms with E-state index in [1.807, 2.05) is 25.2 Å². The van der Waals surface area contributed by atoms with Gasteiger partial charge in [-0.25, -0.2) is 9.97 Å². The number of piperazine rings is 1. The molecule has 0 saturated carbocycles. The molecule has 1 N–H and O–H groups in total. The molecule has 2 saturated heterocycles. The van der Waals surface area contributed by atoms with E-state index in [2.05, 4.69) is 51.1 Å². The molecule has 6 rings (SSSR count). The molecule has 11 nitrogen and oxygen atoms in total. The van der Waals surface area contributed by atoms with Crippen molar-refractivity contribution in [3.05, 3.63) is 35.9 Å². The molecule has 2 atom stereocenters. The molecular formula is C28H37N9O2. The van der Waals surface area contributed by atoms with E-state index in [-0.39, 0.29) is 12.1 Å². The van der Waals surface area contributed by atoms with Gasteiger partial charge >= 0.3 is 0 Å². The largest absolute Gasteiger partial charge is 0.378 e. The zero-order valence-corrected chi connectivity index (χ0v) is 23.2. The van der Waals surface area contributed by atoms with E-state index < -0.39 is 0 Å². The smallest absolute Gasteiger partial charge is 0.239 e. The first-order valence-corrected chi connectivity index (χ1v) is 14.0. The Bertz CT molecular complexity index is 1490. The first kappa shape index (κ1) is 25.8. The quantitative estimate of drug-likeness (QED) is 0.359. The summed E-state index contributed by atoms with van der Waals surface area (Å²) < 4.78 is 9.77. The summed E-state index contributed by atoms with van der Waals surface area (Å²) in [7, 11) is 2.01. The average Bonchev–Trinajstić information content (AvgIpc) is 3.50. The summed E-state index contributed by atoms with van der Waals surface area (Å²) in [5.74, 6) is 3.54. The number of hydrogen-bond donors (Lipinski definition) is 1. The number of morpholine rings is 1. The second-order valence-electron chi connectivity index (χ2n) is 10.7. The van der Waals surface area contributed by atoms with Crippen molar-refractivity contribution in [2.24, 2.45) is 13.0 Å². The molecule has 5 heterocycles. The van der Waals surface area contributed by atoms with Crippen LogP contribution >= 0.6 is 0 Å². The molecule has 0 spiro atoms. The average molecular weight is 532 g/mol. The summed E-state index contributed by atoms with van der Waals surface area (Å²) in [6.45, 7) is 11.4. The Labute approximate surface area is 228 Å². The number of nitrogens with zero attached hydrogens (tertiary/aromatic N) is 8. The van der Waals surface area contributed by atoms with Gasteiger partial charge in [-0.05, 0) is 18.1 Å². The molecule has 4 aromatic rings. The van der Waals surface area contributed by atoms with Crippen LogP contribution in [0.3, 0.4) is 0 Å². The number of para-hydroxylation sites is 2. The maximum absolute atomic E-state index is 12.2. The number of anilines is 1. The number of carbonyl (C=O) groups is 1. The molecule has 11 heteroatoms. The molecule has 2 aliphatic heterocycles. The lowest BCUT2D eigenvalue weighted by Crippen LogP contribution is -2.60. The Kier molecular flexibility index (Phi) is 7.05. The number of fused-ring (bicyclic) bond motifs is 2. The standard InChI is InChI=1S/C28H37N9O2/c1-5-22-30-19-8-6-7-9-20(19)37(22)28-32-26-25(27(33-28)35-12-14-39-15-13-35)31-23(34(26)4)16-36-11-10-29-24(18(2)3)21(36)17-38/h6-9,17-18,21,24,29H,5,10-16H2,1-4H3. The number of ether oxygens (including phenoxy) is 1. The minimum atomic E-state index is -0.205. The monoisotopic (exact) mass is 531 g/mol. The third kappa shape index (κ3) is 4.58. The SMILES string of the molecule is CCc1nc2ccccc2n1-c1nc(N2CCOCC2)c2nc(CN3CCNC(C(C)C)C3C=O)n(C)c2n1. The maximum atomic E-state index is 12.2. The number of imidazole rings is 2. The Morgan fingerprint density at radius 3 is 2.62 bits per heavy atom. The zero-order valence-electron chi connectivity index (χ0n) is 23.2. The van der Waals surface area contributed by atoms with Crippen LogP contribution in [0.15, 0.2) is 24.3 Å². The van der Waals surface area contributed by atoms with Crippen LogP contribution in [-0.4, -0.2) is 91.7 Å². The van der Waals surface area contributed by atoms with Crippen LogP contribution in [0, 0.1) is 5.92 Å². The van der Waals surface area contributed by atoms with E-state index in [0.29, 0.717) is 31.6 Å². The van der Waals surface area contributed by atoms with E-state index in [1.54, 1.807) is 0 Å². The number of aldehydes is 1. The second-order valence-corrected chi connectivity index (χ2v) is 10.7. The van der Waals surface area contributed by atoms with Gasteiger partial charge in [0.05, 0.1) is 36.8 Å². The fourth-order valence-electron chi connectivity index (χ4n) is 5.89. The van der Waals surface area contributed by atoms with Crippen molar-refractivity contribution in [2.75, 3.05) is 44.3 Å². The van der Waals surface area contributed by atoms with Gasteiger partial charge in [0.25, 0.3) is 0 Å². The molecule has 0 bridgehead atoms. The van der Waals surface area contributed by atoms with E-state index in [1.165, 1.54) is 0 Å². The van der Waals surface area contributed by atoms with Crippen molar-refractivity contribution < 1.29 is 9.53 Å². The van der Waals surface area contributed by atoms with Crippen LogP contribution in [0.4, 0.5) is 5.82 Å². The number of aromatic nitrogens is 6. The van der Waals surface area contributed by atoms with Gasteiger partial charge in [-0.1, -0.05) is 32.9 Å². The number of carbonyl (C=O) groups excluding carboxylic acids is 1. The number of nitrogens with one attached hydrogen (secondary N) is 1. The predicted molar refractivity (Wildman–Crippen MR) is 150 cm³/mol. The molecule has 2 aliphatic rings. The van der Waals surface area contributed by atoms with E-state index in [4.69, 9.17) is 24.7 Å². The van der Waals surface area contributed by atoms with Crippen molar-refractivity contribution in [2.45, 2.75) is 45.8 Å². The van der Waals surface area contributed by atoms with Crippen LogP contribution in [0.25, 0.3) is 28.1 Å². The molecule has 1 aromatic carbocycles. The second kappa shape index (κ2) is 10.6. The summed E-state index contributed by atoms with van der Waals surface area (Å²) in [5.41, 5.74) is 3.46. The van der Waals surface area contributed by atoms with Gasteiger partial charge in [0.1, 0.15) is 17.9 Å². The van der Waals surface area contributed by atoms with E-state index >= 15 is 0 Å². The molecule has 3 aromatic heterocycles. The normalized spacial score (nSPS) is 20.9. The van der Waals surface area contributed by atoms with E-state index in [9.17, 15) is 4.79 Å². The van der Waals surface area contributed by atoms with Crippen LogP contribution in [-0.2, 0) is 29.5 Å². The van der Waals surface area contributed by atoms with E-state index in [0.717, 1.165) is 78.5 Å². The van der Waals surface area contributed by atoms with Crippen molar-refractivity contribution in [1.82, 2.24) is 39.3 Å². The molecule has 0 amide bonds. The first-order valence-electron chi connectivity index (χ1n) is 14.0. The molecule has 2 unspecified atom stereocenters. The minimum Gasteiger partial charge on any atom is -0.378 e. The van der Waals surface area contributed by atoms with Gasteiger partial charge in [-0.3, -0.25) is 9.47 Å². The number of hydrogen-bond acceptors (Lipinski definition) is 9. The Balaban J connectivity index is 1.48. The molecular weight excluding hydrogens is 494 g/mol. The van der Waals surface area contributed by atoms with Gasteiger partial charge < -0.3 is 24.3 Å². The summed E-state index contributed by atoms with van der Waals surface area (Å²) in [5, 5.41) is 3.53. The maximum Gasteiger partial charge on any atom is 0.239 e. The lowest BCUT2D eigenvalue weighted by Gasteiger charge is -2.40. The number of benzene rings is 1. The minimum absolute atomic E-state index is 0.114. The Morgan fingerprint density at radius 2 is 1.87 bits per heavy atom. The highest BCUT2D eigenvalue weighted by atomic mass is 16.5. The molecule has 0 radical (unpaired) electrons. The molecule has 0 aliphatic carbocycles. The lowest BCUT2D eigenvalue weighted by atomic mass is 9.94. The highest BCUT2D eigenvalue weighted by molar-refractivity contribution is 5.86. The summed E-state index contributed by atoms with van der Waals surface area (Å²) in [4.78, 5) is 36.8.